The number of nitrogens with one attached hydrogen (secondary N) is 1. The second-order valence-corrected chi connectivity index (χ2v) is 9.87. The lowest BCUT2D eigenvalue weighted by Crippen LogP contribution is -2.42. The number of aromatic amines is 1. The summed E-state index contributed by atoms with van der Waals surface area (Å²) < 4.78 is 7.83. The molecule has 9 nitrogen and oxygen atoms in total. The van der Waals surface area contributed by atoms with Crippen LogP contribution in [0, 0.1) is 0 Å². The highest BCUT2D eigenvalue weighted by atomic mass is 79.9. The molecule has 1 unspecified atom stereocenters. The van der Waals surface area contributed by atoms with Gasteiger partial charge in [-0.05, 0) is 36.7 Å². The summed E-state index contributed by atoms with van der Waals surface area (Å²) >= 11 is 5.33. The van der Waals surface area contributed by atoms with E-state index in [1.54, 1.807) is 39.8 Å². The number of thioether (sulfide) groups is 1. The number of anilines is 1. The maximum atomic E-state index is 12.5. The van der Waals surface area contributed by atoms with Crippen molar-refractivity contribution >= 4 is 45.3 Å². The Morgan fingerprint density at radius 1 is 1.41 bits per heavy atom. The molecular formula is C18H22BrN7O2S. The summed E-state index contributed by atoms with van der Waals surface area (Å²) in [4.78, 5) is 19.1. The molecule has 11 heteroatoms. The van der Waals surface area contributed by atoms with Crippen LogP contribution in [0.15, 0.2) is 23.1 Å². The molecule has 1 aliphatic heterocycles. The molecule has 0 bridgehead atoms. The maximum absolute atomic E-state index is 12.5. The maximum Gasteiger partial charge on any atom is 0.410 e. The molecule has 0 spiro atoms. The van der Waals surface area contributed by atoms with E-state index in [1.165, 1.54) is 0 Å². The minimum Gasteiger partial charge on any atom is -0.444 e. The van der Waals surface area contributed by atoms with Gasteiger partial charge in [0.2, 0.25) is 0 Å². The molecule has 0 aliphatic carbocycles. The number of amides is 1. The van der Waals surface area contributed by atoms with Gasteiger partial charge in [-0.15, -0.1) is 11.8 Å². The lowest BCUT2D eigenvalue weighted by atomic mass is 10.2. The van der Waals surface area contributed by atoms with E-state index < -0.39 is 5.60 Å². The number of ether oxygens (including phenoxy) is 1. The van der Waals surface area contributed by atoms with Crippen LogP contribution in [0.4, 0.5) is 10.6 Å². The van der Waals surface area contributed by atoms with Crippen LogP contribution in [-0.2, 0) is 4.74 Å². The number of hydrogen-bond donors (Lipinski definition) is 2. The number of fused-ring (bicyclic) bond motifs is 1. The van der Waals surface area contributed by atoms with Crippen LogP contribution in [0.2, 0.25) is 0 Å². The summed E-state index contributed by atoms with van der Waals surface area (Å²) in [7, 11) is 0. The van der Waals surface area contributed by atoms with Crippen molar-refractivity contribution in [2.75, 3.05) is 24.6 Å². The first-order chi connectivity index (χ1) is 13.7. The molecular weight excluding hydrogens is 458 g/mol. The van der Waals surface area contributed by atoms with Crippen molar-refractivity contribution < 1.29 is 9.53 Å². The molecule has 1 amide bonds. The largest absolute Gasteiger partial charge is 0.444 e. The Labute approximate surface area is 180 Å². The summed E-state index contributed by atoms with van der Waals surface area (Å²) in [6, 6.07) is 0. The van der Waals surface area contributed by atoms with Gasteiger partial charge in [0.15, 0.2) is 5.65 Å². The second-order valence-electron chi connectivity index (χ2n) is 7.76. The summed E-state index contributed by atoms with van der Waals surface area (Å²) in [5.41, 5.74) is 8.97. The molecule has 3 aromatic rings. The van der Waals surface area contributed by atoms with Crippen LogP contribution in [0.3, 0.4) is 0 Å². The molecule has 1 saturated heterocycles. The fraction of sp³-hybridized carbons (Fsp3) is 0.444. The molecule has 4 rings (SSSR count). The molecule has 0 radical (unpaired) electrons. The zero-order valence-electron chi connectivity index (χ0n) is 16.3. The third-order valence-electron chi connectivity index (χ3n) is 4.48. The number of hydrogen-bond acceptors (Lipinski definition) is 7. The van der Waals surface area contributed by atoms with Gasteiger partial charge in [0, 0.05) is 36.2 Å². The highest BCUT2D eigenvalue weighted by Crippen LogP contribution is 2.39. The molecule has 4 heterocycles. The summed E-state index contributed by atoms with van der Waals surface area (Å²) in [5, 5.41) is 11.1. The fourth-order valence-electron chi connectivity index (χ4n) is 3.14. The minimum absolute atomic E-state index is 0.0370. The monoisotopic (exact) mass is 479 g/mol. The summed E-state index contributed by atoms with van der Waals surface area (Å²) in [6.07, 6.45) is 4.92. The number of rotatable bonds is 2. The van der Waals surface area contributed by atoms with E-state index in [9.17, 15) is 4.79 Å². The van der Waals surface area contributed by atoms with E-state index in [2.05, 4.69) is 31.2 Å². The number of carbonyl (C=O) groups excluding carboxylic acids is 1. The van der Waals surface area contributed by atoms with Crippen molar-refractivity contribution in [3.05, 3.63) is 28.8 Å². The van der Waals surface area contributed by atoms with Crippen molar-refractivity contribution in [2.45, 2.75) is 31.6 Å². The molecule has 1 fully saturated rings. The first kappa shape index (κ1) is 20.0. The van der Waals surface area contributed by atoms with Crippen LogP contribution in [0.5, 0.6) is 0 Å². The smallest absolute Gasteiger partial charge is 0.410 e. The van der Waals surface area contributed by atoms with Gasteiger partial charge >= 0.3 is 6.09 Å². The van der Waals surface area contributed by atoms with Crippen LogP contribution in [-0.4, -0.2) is 60.2 Å². The fourth-order valence-corrected chi connectivity index (χ4v) is 5.04. The number of aromatic nitrogens is 5. The first-order valence-corrected chi connectivity index (χ1v) is 11.0. The molecule has 1 atom stereocenters. The van der Waals surface area contributed by atoms with Crippen molar-refractivity contribution in [1.29, 1.82) is 0 Å². The summed E-state index contributed by atoms with van der Waals surface area (Å²) in [5.74, 6) is 1.26. The molecule has 3 N–H and O–H groups in total. The van der Waals surface area contributed by atoms with Gasteiger partial charge in [0.05, 0.1) is 27.8 Å². The number of halogens is 1. The Bertz CT molecular complexity index is 1040. The lowest BCUT2D eigenvalue weighted by molar-refractivity contribution is 0.0256. The Kier molecular flexibility index (Phi) is 5.19. The molecule has 0 aromatic carbocycles. The quantitative estimate of drug-likeness (QED) is 0.577. The number of nitrogens with two attached hydrogens (primary N) is 1. The number of nitrogens with zero attached hydrogens (tertiary/aromatic N) is 5. The van der Waals surface area contributed by atoms with E-state index in [0.717, 1.165) is 22.6 Å². The molecule has 1 aliphatic rings. The van der Waals surface area contributed by atoms with Gasteiger partial charge in [0.25, 0.3) is 0 Å². The topological polar surface area (TPSA) is 114 Å². The standard InChI is InChI=1S/C18H22BrN7O2S/c1-18(2,3)28-17(27)25-4-5-29-12(9-25)14-13(19)15(20)26-16(24-14)11(8-23-26)10-6-21-22-7-10/h6-8,12H,4-5,9,20H2,1-3H3,(H,21,22). The average Bonchev–Trinajstić information content (AvgIpc) is 3.32. The molecule has 0 saturated carbocycles. The summed E-state index contributed by atoms with van der Waals surface area (Å²) in [6.45, 7) is 6.73. The lowest BCUT2D eigenvalue weighted by Gasteiger charge is -2.34. The van der Waals surface area contributed by atoms with Gasteiger partial charge in [0.1, 0.15) is 11.4 Å². The van der Waals surface area contributed by atoms with Crippen LogP contribution < -0.4 is 5.73 Å². The zero-order valence-corrected chi connectivity index (χ0v) is 18.7. The van der Waals surface area contributed by atoms with Crippen molar-refractivity contribution in [3.8, 4) is 11.1 Å². The number of carbonyl (C=O) groups is 1. The Hall–Kier alpha value is -2.27. The van der Waals surface area contributed by atoms with Gasteiger partial charge in [-0.2, -0.15) is 14.7 Å². The molecule has 154 valence electrons. The van der Waals surface area contributed by atoms with E-state index >= 15 is 0 Å². The molecule has 29 heavy (non-hydrogen) atoms. The van der Waals surface area contributed by atoms with Crippen LogP contribution >= 0.6 is 27.7 Å². The Morgan fingerprint density at radius 3 is 2.90 bits per heavy atom. The highest BCUT2D eigenvalue weighted by Gasteiger charge is 2.31. The Balaban J connectivity index is 1.69. The first-order valence-electron chi connectivity index (χ1n) is 9.16. The number of H-pyrrole nitrogens is 1. The minimum atomic E-state index is -0.531. The van der Waals surface area contributed by atoms with E-state index in [1.807, 2.05) is 20.8 Å². The van der Waals surface area contributed by atoms with E-state index in [-0.39, 0.29) is 11.3 Å². The average molecular weight is 480 g/mol. The van der Waals surface area contributed by atoms with Crippen molar-refractivity contribution in [2.24, 2.45) is 0 Å². The van der Waals surface area contributed by atoms with Gasteiger partial charge < -0.3 is 15.4 Å². The third kappa shape index (κ3) is 3.93. The normalized spacial score (nSPS) is 17.7. The third-order valence-corrected chi connectivity index (χ3v) is 6.49. The van der Waals surface area contributed by atoms with Crippen LogP contribution in [0.1, 0.15) is 31.7 Å². The number of nitrogen functional groups attached to an aromatic ring is 1. The van der Waals surface area contributed by atoms with Crippen LogP contribution in [0.25, 0.3) is 16.8 Å². The zero-order chi connectivity index (χ0) is 20.8. The van der Waals surface area contributed by atoms with Gasteiger partial charge in [-0.1, -0.05) is 0 Å². The van der Waals surface area contributed by atoms with Crippen molar-refractivity contribution in [1.82, 2.24) is 29.7 Å². The predicted octanol–water partition coefficient (Wildman–Crippen LogP) is 3.49. The van der Waals surface area contributed by atoms with E-state index in [0.29, 0.717) is 29.0 Å². The van der Waals surface area contributed by atoms with Gasteiger partial charge in [-0.3, -0.25) is 5.10 Å². The van der Waals surface area contributed by atoms with E-state index in [4.69, 9.17) is 15.5 Å². The van der Waals surface area contributed by atoms with Crippen molar-refractivity contribution in [3.63, 3.8) is 0 Å². The second kappa shape index (κ2) is 7.52. The Morgan fingerprint density at radius 2 is 2.21 bits per heavy atom. The SMILES string of the molecule is CC(C)(C)OC(=O)N1CCSC(c2nc3c(-c4cn[nH]c4)cnn3c(N)c2Br)C1. The highest BCUT2D eigenvalue weighted by molar-refractivity contribution is 9.10. The van der Waals surface area contributed by atoms with Gasteiger partial charge in [-0.25, -0.2) is 9.78 Å². The predicted molar refractivity (Wildman–Crippen MR) is 116 cm³/mol. The molecule has 3 aromatic heterocycles.